The highest BCUT2D eigenvalue weighted by Gasteiger charge is 2.25. The van der Waals surface area contributed by atoms with E-state index in [0.29, 0.717) is 11.9 Å². The van der Waals surface area contributed by atoms with Crippen molar-refractivity contribution in [1.82, 2.24) is 20.4 Å². The molecule has 20 heavy (non-hydrogen) atoms. The van der Waals surface area contributed by atoms with E-state index >= 15 is 0 Å². The highest BCUT2D eigenvalue weighted by Crippen LogP contribution is 2.17. The van der Waals surface area contributed by atoms with Crippen molar-refractivity contribution in [3.05, 3.63) is 36.2 Å². The van der Waals surface area contributed by atoms with Crippen LogP contribution in [0.1, 0.15) is 19.2 Å². The van der Waals surface area contributed by atoms with Gasteiger partial charge in [0.2, 0.25) is 0 Å². The van der Waals surface area contributed by atoms with Crippen molar-refractivity contribution in [2.75, 3.05) is 19.6 Å². The highest BCUT2D eigenvalue weighted by molar-refractivity contribution is 5.51. The predicted octanol–water partition coefficient (Wildman–Crippen LogP) is 1.92. The normalized spacial score (nSPS) is 15.5. The summed E-state index contributed by atoms with van der Waals surface area (Å²) in [7, 11) is 0. The maximum absolute atomic E-state index is 5.36. The number of nitrogens with zero attached hydrogens (tertiary/aromatic N) is 3. The van der Waals surface area contributed by atoms with Gasteiger partial charge in [0.15, 0.2) is 5.82 Å². The van der Waals surface area contributed by atoms with E-state index in [1.54, 1.807) is 0 Å². The van der Waals surface area contributed by atoms with E-state index in [-0.39, 0.29) is 0 Å². The maximum Gasteiger partial charge on any atom is 0.257 e. The van der Waals surface area contributed by atoms with Gasteiger partial charge in [-0.3, -0.25) is 4.90 Å². The lowest BCUT2D eigenvalue weighted by molar-refractivity contribution is 0.133. The van der Waals surface area contributed by atoms with Crippen LogP contribution in [-0.4, -0.2) is 40.7 Å². The molecule has 0 amide bonds. The van der Waals surface area contributed by atoms with Crippen LogP contribution in [0.4, 0.5) is 0 Å². The van der Waals surface area contributed by atoms with E-state index in [1.807, 2.05) is 30.3 Å². The summed E-state index contributed by atoms with van der Waals surface area (Å²) in [6.07, 6.45) is 1.14. The third kappa shape index (κ3) is 2.89. The summed E-state index contributed by atoms with van der Waals surface area (Å²) >= 11 is 0. The van der Waals surface area contributed by atoms with E-state index in [1.165, 1.54) is 0 Å². The van der Waals surface area contributed by atoms with Crippen LogP contribution in [0.25, 0.3) is 11.5 Å². The summed E-state index contributed by atoms with van der Waals surface area (Å²) in [5.74, 6) is 1.37. The molecular weight excluding hydrogens is 252 g/mol. The van der Waals surface area contributed by atoms with Crippen LogP contribution in [-0.2, 0) is 6.54 Å². The van der Waals surface area contributed by atoms with E-state index in [4.69, 9.17) is 4.52 Å². The zero-order valence-electron chi connectivity index (χ0n) is 11.7. The van der Waals surface area contributed by atoms with E-state index in [0.717, 1.165) is 44.0 Å². The molecule has 0 atom stereocenters. The van der Waals surface area contributed by atoms with Crippen molar-refractivity contribution < 1.29 is 4.52 Å². The second-order valence-corrected chi connectivity index (χ2v) is 5.16. The van der Waals surface area contributed by atoms with Crippen molar-refractivity contribution in [1.29, 1.82) is 0 Å². The molecule has 5 heteroatoms. The largest absolute Gasteiger partial charge is 0.334 e. The molecule has 1 fully saturated rings. The lowest BCUT2D eigenvalue weighted by Crippen LogP contribution is -2.57. The number of aromatic nitrogens is 2. The molecule has 3 rings (SSSR count). The Morgan fingerprint density at radius 1 is 1.30 bits per heavy atom. The van der Waals surface area contributed by atoms with Gasteiger partial charge >= 0.3 is 0 Å². The molecule has 2 heterocycles. The van der Waals surface area contributed by atoms with Gasteiger partial charge in [-0.05, 0) is 25.1 Å². The van der Waals surface area contributed by atoms with Crippen LogP contribution in [0.2, 0.25) is 0 Å². The molecule has 2 aromatic rings. The summed E-state index contributed by atoms with van der Waals surface area (Å²) in [6.45, 7) is 6.15. The van der Waals surface area contributed by atoms with Crippen molar-refractivity contribution in [2.24, 2.45) is 0 Å². The van der Waals surface area contributed by atoms with Crippen LogP contribution in [0.3, 0.4) is 0 Å². The number of hydrogen-bond donors (Lipinski definition) is 1. The zero-order chi connectivity index (χ0) is 13.8. The fourth-order valence-corrected chi connectivity index (χ4v) is 2.41. The first kappa shape index (κ1) is 13.3. The minimum Gasteiger partial charge on any atom is -0.334 e. The van der Waals surface area contributed by atoms with Crippen LogP contribution in [0, 0.1) is 0 Å². The Labute approximate surface area is 119 Å². The summed E-state index contributed by atoms with van der Waals surface area (Å²) in [4.78, 5) is 6.93. The van der Waals surface area contributed by atoms with E-state index in [9.17, 15) is 0 Å². The number of hydrogen-bond acceptors (Lipinski definition) is 5. The first-order chi connectivity index (χ1) is 9.86. The molecule has 5 nitrogen and oxygen atoms in total. The summed E-state index contributed by atoms with van der Waals surface area (Å²) in [6, 6.07) is 10.5. The van der Waals surface area contributed by atoms with Crippen molar-refractivity contribution in [3.63, 3.8) is 0 Å². The van der Waals surface area contributed by atoms with Gasteiger partial charge < -0.3 is 9.84 Å². The summed E-state index contributed by atoms with van der Waals surface area (Å²) in [5.41, 5.74) is 0.971. The molecule has 0 radical (unpaired) electrons. The molecule has 106 valence electrons. The van der Waals surface area contributed by atoms with Gasteiger partial charge in [-0.15, -0.1) is 0 Å². The average molecular weight is 272 g/mol. The Bertz CT molecular complexity index is 536. The second kappa shape index (κ2) is 6.15. The molecular formula is C15H20N4O. The summed E-state index contributed by atoms with van der Waals surface area (Å²) in [5, 5.41) is 7.42. The van der Waals surface area contributed by atoms with Gasteiger partial charge in [0, 0.05) is 24.7 Å². The molecule has 0 unspecified atom stereocenters. The number of nitrogens with one attached hydrogen (secondary N) is 1. The van der Waals surface area contributed by atoms with Gasteiger partial charge in [0.05, 0.1) is 6.54 Å². The monoisotopic (exact) mass is 272 g/mol. The van der Waals surface area contributed by atoms with Gasteiger partial charge in [-0.1, -0.05) is 30.3 Å². The lowest BCUT2D eigenvalue weighted by atomic mass is 10.1. The number of rotatable bonds is 6. The van der Waals surface area contributed by atoms with Crippen LogP contribution in [0.5, 0.6) is 0 Å². The molecule has 1 saturated heterocycles. The summed E-state index contributed by atoms with van der Waals surface area (Å²) < 4.78 is 5.36. The molecule has 1 aliphatic rings. The topological polar surface area (TPSA) is 54.2 Å². The van der Waals surface area contributed by atoms with E-state index in [2.05, 4.69) is 27.3 Å². The maximum atomic E-state index is 5.36. The smallest absolute Gasteiger partial charge is 0.257 e. The minimum atomic E-state index is 0.601. The van der Waals surface area contributed by atoms with Crippen LogP contribution >= 0.6 is 0 Å². The molecule has 1 N–H and O–H groups in total. The van der Waals surface area contributed by atoms with Gasteiger partial charge in [0.25, 0.3) is 5.89 Å². The Morgan fingerprint density at radius 2 is 2.10 bits per heavy atom. The van der Waals surface area contributed by atoms with Crippen LogP contribution < -0.4 is 5.32 Å². The third-order valence-corrected chi connectivity index (χ3v) is 3.62. The lowest BCUT2D eigenvalue weighted by Gasteiger charge is -2.37. The minimum absolute atomic E-state index is 0.601. The van der Waals surface area contributed by atoms with Gasteiger partial charge in [-0.25, -0.2) is 0 Å². The molecule has 1 aliphatic heterocycles. The SMILES string of the molecule is CCCN(Cc1noc(-c2ccccc2)n1)C1CNC1. The van der Waals surface area contributed by atoms with Crippen molar-refractivity contribution >= 4 is 0 Å². The molecule has 0 spiro atoms. The Morgan fingerprint density at radius 3 is 2.75 bits per heavy atom. The fraction of sp³-hybridized carbons (Fsp3) is 0.467. The average Bonchev–Trinajstić information content (AvgIpc) is 2.87. The highest BCUT2D eigenvalue weighted by atomic mass is 16.5. The predicted molar refractivity (Wildman–Crippen MR) is 77.1 cm³/mol. The molecule has 0 bridgehead atoms. The van der Waals surface area contributed by atoms with Gasteiger partial charge in [0.1, 0.15) is 0 Å². The van der Waals surface area contributed by atoms with Gasteiger partial charge in [-0.2, -0.15) is 4.98 Å². The fourth-order valence-electron chi connectivity index (χ4n) is 2.41. The Balaban J connectivity index is 1.69. The molecule has 0 aliphatic carbocycles. The first-order valence-corrected chi connectivity index (χ1v) is 7.19. The Kier molecular flexibility index (Phi) is 4.08. The van der Waals surface area contributed by atoms with Crippen molar-refractivity contribution in [2.45, 2.75) is 25.9 Å². The van der Waals surface area contributed by atoms with E-state index < -0.39 is 0 Å². The van der Waals surface area contributed by atoms with Crippen LogP contribution in [0.15, 0.2) is 34.9 Å². The molecule has 0 saturated carbocycles. The molecule has 1 aromatic heterocycles. The van der Waals surface area contributed by atoms with Crippen molar-refractivity contribution in [3.8, 4) is 11.5 Å². The Hall–Kier alpha value is -1.72. The number of benzene rings is 1. The third-order valence-electron chi connectivity index (χ3n) is 3.62. The first-order valence-electron chi connectivity index (χ1n) is 7.19. The second-order valence-electron chi connectivity index (χ2n) is 5.16. The zero-order valence-corrected chi connectivity index (χ0v) is 11.7. The molecule has 1 aromatic carbocycles. The standard InChI is InChI=1S/C15H20N4O/c1-2-8-19(13-9-16-10-13)11-14-17-15(20-18-14)12-6-4-3-5-7-12/h3-7,13,16H,2,8-11H2,1H3. The quantitative estimate of drug-likeness (QED) is 0.870.